The predicted molar refractivity (Wildman–Crippen MR) is 136 cm³/mol. The second kappa shape index (κ2) is 13.0. The highest BCUT2D eigenvalue weighted by atomic mass is 31.3. The van der Waals surface area contributed by atoms with Crippen LogP contribution in [0.4, 0.5) is 4.79 Å². The summed E-state index contributed by atoms with van der Waals surface area (Å²) in [4.78, 5) is 58.1. The van der Waals surface area contributed by atoms with E-state index in [1.54, 1.807) is 48.5 Å². The van der Waals surface area contributed by atoms with Gasteiger partial charge in [-0.1, -0.05) is 48.5 Å². The number of nitrogens with one attached hydrogen (secondary N) is 1. The number of aliphatic hydroxyl groups excluding tert-OH is 1. The number of aromatic amines is 1. The molecule has 18 heteroatoms. The SMILES string of the molecule is O=C(Oc1ccccc1)O[C@H]1C(O)[C@@H](COP(=O)(O)OP(=O)(O)OCc2ccccc2)O[C@H]1n1ccc(=O)[nH]c1=O. The van der Waals surface area contributed by atoms with E-state index in [2.05, 4.69) is 4.31 Å². The van der Waals surface area contributed by atoms with Gasteiger partial charge in [0.15, 0.2) is 12.3 Å². The maximum atomic E-state index is 12.4. The number of ether oxygens (including phenoxy) is 3. The van der Waals surface area contributed by atoms with Crippen LogP contribution in [0.3, 0.4) is 0 Å². The Morgan fingerprint density at radius 3 is 2.24 bits per heavy atom. The van der Waals surface area contributed by atoms with Gasteiger partial charge in [-0.25, -0.2) is 18.7 Å². The number of hydrogen-bond acceptors (Lipinski definition) is 12. The Labute approximate surface area is 230 Å². The lowest BCUT2D eigenvalue weighted by Crippen LogP contribution is -2.41. The van der Waals surface area contributed by atoms with E-state index < -0.39 is 70.8 Å². The van der Waals surface area contributed by atoms with Crippen molar-refractivity contribution >= 4 is 21.8 Å². The number of hydrogen-bond donors (Lipinski definition) is 4. The van der Waals surface area contributed by atoms with Crippen molar-refractivity contribution in [3.8, 4) is 5.75 Å². The molecule has 4 N–H and O–H groups in total. The number of aliphatic hydroxyl groups is 1. The summed E-state index contributed by atoms with van der Waals surface area (Å²) in [7, 11) is -10.4. The number of carbonyl (C=O) groups is 1. The molecule has 4 rings (SSSR count). The standard InChI is InChI=1S/C23H24N2O14P2/c26-18-11-12-25(22(28)24-18)21-20(38-23(29)36-16-9-5-2-6-10-16)19(27)17(37-21)14-35-41(32,33)39-40(30,31)34-13-15-7-3-1-4-8-15/h1-12,17,19-21,27H,13-14H2,(H,30,31)(H,32,33)(H,24,26,28)/t17-,19?,20+,21-/m1/s1. The van der Waals surface area contributed by atoms with Crippen molar-refractivity contribution in [1.82, 2.24) is 9.55 Å². The molecule has 1 aromatic heterocycles. The average molecular weight is 614 g/mol. The van der Waals surface area contributed by atoms with E-state index in [-0.39, 0.29) is 5.75 Å². The van der Waals surface area contributed by atoms with Gasteiger partial charge in [0.1, 0.15) is 18.0 Å². The summed E-state index contributed by atoms with van der Waals surface area (Å²) in [5, 5.41) is 10.8. The Morgan fingerprint density at radius 1 is 0.951 bits per heavy atom. The van der Waals surface area contributed by atoms with Crippen molar-refractivity contribution in [3.63, 3.8) is 0 Å². The molecule has 0 bridgehead atoms. The van der Waals surface area contributed by atoms with Crippen LogP contribution in [0, 0.1) is 0 Å². The van der Waals surface area contributed by atoms with Crippen LogP contribution in [-0.4, -0.2) is 55.5 Å². The third-order valence-electron chi connectivity index (χ3n) is 5.46. The number of aromatic nitrogens is 2. The zero-order valence-corrected chi connectivity index (χ0v) is 22.6. The molecule has 2 heterocycles. The van der Waals surface area contributed by atoms with Crippen LogP contribution in [0.25, 0.3) is 0 Å². The van der Waals surface area contributed by atoms with Gasteiger partial charge >= 0.3 is 27.5 Å². The fraction of sp³-hybridized carbons (Fsp3) is 0.261. The zero-order valence-electron chi connectivity index (χ0n) is 20.8. The fourth-order valence-corrected chi connectivity index (χ4v) is 5.70. The van der Waals surface area contributed by atoms with E-state index in [0.29, 0.717) is 5.56 Å². The quantitative estimate of drug-likeness (QED) is 0.137. The average Bonchev–Trinajstić information content (AvgIpc) is 3.21. The van der Waals surface area contributed by atoms with Crippen molar-refractivity contribution < 1.29 is 56.4 Å². The normalized spacial score (nSPS) is 23.3. The van der Waals surface area contributed by atoms with Crippen LogP contribution in [0.5, 0.6) is 5.75 Å². The minimum atomic E-state index is -5.29. The molecule has 220 valence electrons. The van der Waals surface area contributed by atoms with E-state index in [0.717, 1.165) is 16.8 Å². The Kier molecular flexibility index (Phi) is 9.71. The second-order valence-corrected chi connectivity index (χ2v) is 11.4. The van der Waals surface area contributed by atoms with E-state index in [9.17, 15) is 38.4 Å². The van der Waals surface area contributed by atoms with Crippen molar-refractivity contribution in [2.75, 3.05) is 6.61 Å². The topological polar surface area (TPSA) is 222 Å². The van der Waals surface area contributed by atoms with Gasteiger partial charge < -0.3 is 29.1 Å². The molecule has 6 atom stereocenters. The number of para-hydroxylation sites is 1. The molecule has 1 saturated heterocycles. The van der Waals surface area contributed by atoms with E-state index in [4.69, 9.17) is 23.3 Å². The van der Waals surface area contributed by atoms with Crippen LogP contribution in [0.2, 0.25) is 0 Å². The molecule has 1 aliphatic heterocycles. The van der Waals surface area contributed by atoms with Crippen molar-refractivity contribution in [2.24, 2.45) is 0 Å². The molecule has 0 spiro atoms. The van der Waals surface area contributed by atoms with Gasteiger partial charge in [-0.05, 0) is 17.7 Å². The minimum absolute atomic E-state index is 0.102. The summed E-state index contributed by atoms with van der Waals surface area (Å²) in [5.41, 5.74) is -1.26. The number of carbonyl (C=O) groups excluding carboxylic acids is 1. The van der Waals surface area contributed by atoms with Crippen molar-refractivity contribution in [2.45, 2.75) is 31.1 Å². The molecule has 16 nitrogen and oxygen atoms in total. The molecule has 1 fully saturated rings. The van der Waals surface area contributed by atoms with Gasteiger partial charge in [0.05, 0.1) is 13.2 Å². The van der Waals surface area contributed by atoms with E-state index >= 15 is 0 Å². The molecule has 41 heavy (non-hydrogen) atoms. The van der Waals surface area contributed by atoms with Gasteiger partial charge in [-0.2, -0.15) is 4.31 Å². The number of nitrogens with zero attached hydrogens (tertiary/aromatic N) is 1. The summed E-state index contributed by atoms with van der Waals surface area (Å²) in [6.45, 7) is -1.37. The Bertz CT molecular complexity index is 1550. The van der Waals surface area contributed by atoms with Gasteiger partial charge in [0.25, 0.3) is 5.56 Å². The molecule has 0 amide bonds. The summed E-state index contributed by atoms with van der Waals surface area (Å²) >= 11 is 0. The van der Waals surface area contributed by atoms with Gasteiger partial charge in [0, 0.05) is 12.3 Å². The first-order valence-corrected chi connectivity index (χ1v) is 14.7. The molecule has 1 aliphatic rings. The van der Waals surface area contributed by atoms with Crippen molar-refractivity contribution in [1.29, 1.82) is 0 Å². The fourth-order valence-electron chi connectivity index (χ4n) is 3.63. The Hall–Kier alpha value is -3.43. The lowest BCUT2D eigenvalue weighted by molar-refractivity contribution is -0.0605. The number of benzene rings is 2. The zero-order chi connectivity index (χ0) is 29.6. The third-order valence-corrected chi connectivity index (χ3v) is 8.04. The largest absolute Gasteiger partial charge is 0.514 e. The third kappa shape index (κ3) is 8.53. The molecule has 3 aromatic rings. The Balaban J connectivity index is 1.44. The summed E-state index contributed by atoms with van der Waals surface area (Å²) in [6, 6.07) is 16.8. The maximum absolute atomic E-state index is 12.4. The van der Waals surface area contributed by atoms with Crippen LogP contribution >= 0.6 is 15.6 Å². The number of H-pyrrole nitrogens is 1. The maximum Gasteiger partial charge on any atom is 0.514 e. The highest BCUT2D eigenvalue weighted by Gasteiger charge is 2.49. The van der Waals surface area contributed by atoms with Gasteiger partial charge in [-0.3, -0.25) is 23.4 Å². The molecular formula is C23H24N2O14P2. The smallest absolute Gasteiger partial charge is 0.423 e. The number of phosphoric ester groups is 2. The van der Waals surface area contributed by atoms with Gasteiger partial charge in [0.2, 0.25) is 0 Å². The summed E-state index contributed by atoms with van der Waals surface area (Å²) < 4.78 is 54.8. The van der Waals surface area contributed by atoms with Crippen LogP contribution in [-0.2, 0) is 38.6 Å². The lowest BCUT2D eigenvalue weighted by Gasteiger charge is -2.21. The van der Waals surface area contributed by atoms with E-state index in [1.807, 2.05) is 4.98 Å². The van der Waals surface area contributed by atoms with Crippen LogP contribution < -0.4 is 16.0 Å². The summed E-state index contributed by atoms with van der Waals surface area (Å²) in [5.74, 6) is 0.102. The second-order valence-electron chi connectivity index (χ2n) is 8.39. The molecule has 0 radical (unpaired) electrons. The molecule has 0 saturated carbocycles. The first-order valence-electron chi connectivity index (χ1n) is 11.7. The molecular weight excluding hydrogens is 590 g/mol. The summed E-state index contributed by atoms with van der Waals surface area (Å²) in [6.07, 6.45) is -6.85. The van der Waals surface area contributed by atoms with Crippen LogP contribution in [0.15, 0.2) is 82.5 Å². The van der Waals surface area contributed by atoms with E-state index in [1.165, 1.54) is 12.1 Å². The first-order chi connectivity index (χ1) is 19.4. The first kappa shape index (κ1) is 30.5. The highest BCUT2D eigenvalue weighted by Crippen LogP contribution is 2.60. The highest BCUT2D eigenvalue weighted by molar-refractivity contribution is 7.61. The number of rotatable bonds is 11. The molecule has 0 aliphatic carbocycles. The molecule has 2 aromatic carbocycles. The van der Waals surface area contributed by atoms with Gasteiger partial charge in [-0.15, -0.1) is 0 Å². The lowest BCUT2D eigenvalue weighted by atomic mass is 10.1. The van der Waals surface area contributed by atoms with Crippen molar-refractivity contribution in [3.05, 3.63) is 99.3 Å². The monoisotopic (exact) mass is 614 g/mol. The predicted octanol–water partition coefficient (Wildman–Crippen LogP) is 1.83. The van der Waals surface area contributed by atoms with Crippen LogP contribution in [0.1, 0.15) is 11.8 Å². The Morgan fingerprint density at radius 2 is 1.59 bits per heavy atom. The molecule has 3 unspecified atom stereocenters. The number of phosphoric acid groups is 2. The minimum Gasteiger partial charge on any atom is -0.423 e.